The maximum absolute atomic E-state index is 12.0. The van der Waals surface area contributed by atoms with E-state index in [1.165, 1.54) is 16.7 Å². The van der Waals surface area contributed by atoms with E-state index in [4.69, 9.17) is 14.6 Å². The summed E-state index contributed by atoms with van der Waals surface area (Å²) in [7, 11) is 1.58. The van der Waals surface area contributed by atoms with Gasteiger partial charge < -0.3 is 19.5 Å². The highest BCUT2D eigenvalue weighted by molar-refractivity contribution is 7.99. The molecule has 1 aliphatic heterocycles. The lowest BCUT2D eigenvalue weighted by molar-refractivity contribution is -0.147. The molecule has 1 aliphatic rings. The first-order valence-corrected chi connectivity index (χ1v) is 7.64. The van der Waals surface area contributed by atoms with Crippen LogP contribution in [-0.4, -0.2) is 53.3 Å². The van der Waals surface area contributed by atoms with Gasteiger partial charge in [0.2, 0.25) is 5.91 Å². The van der Waals surface area contributed by atoms with Gasteiger partial charge >= 0.3 is 5.97 Å². The first kappa shape index (κ1) is 15.5. The molecule has 1 N–H and O–H groups in total. The molecule has 7 heteroatoms. The molecular formula is C14H17NO5S. The predicted molar refractivity (Wildman–Crippen MR) is 78.7 cm³/mol. The minimum Gasteiger partial charge on any atom is -0.497 e. The molecule has 1 amide bonds. The van der Waals surface area contributed by atoms with Crippen molar-refractivity contribution in [2.45, 2.75) is 12.5 Å². The molecule has 21 heavy (non-hydrogen) atoms. The highest BCUT2D eigenvalue weighted by Crippen LogP contribution is 2.22. The van der Waals surface area contributed by atoms with E-state index in [1.807, 2.05) is 0 Å². The van der Waals surface area contributed by atoms with Crippen molar-refractivity contribution in [1.29, 1.82) is 0 Å². The third-order valence-corrected chi connectivity index (χ3v) is 4.14. The Balaban J connectivity index is 1.79. The molecular weight excluding hydrogens is 294 g/mol. The minimum absolute atomic E-state index is 0.163. The lowest BCUT2D eigenvalue weighted by Gasteiger charge is -2.20. The van der Waals surface area contributed by atoms with Gasteiger partial charge in [-0.2, -0.15) is 0 Å². The Bertz CT molecular complexity index is 505. The molecule has 2 rings (SSSR count). The van der Waals surface area contributed by atoms with Gasteiger partial charge in [-0.1, -0.05) is 0 Å². The Morgan fingerprint density at radius 2 is 2.00 bits per heavy atom. The van der Waals surface area contributed by atoms with Crippen LogP contribution in [0.5, 0.6) is 11.5 Å². The van der Waals surface area contributed by atoms with Crippen molar-refractivity contribution >= 4 is 23.6 Å². The number of ether oxygens (including phenoxy) is 2. The first-order valence-electron chi connectivity index (χ1n) is 6.48. The fourth-order valence-corrected chi connectivity index (χ4v) is 3.14. The number of thioether (sulfide) groups is 1. The normalized spacial score (nSPS) is 17.6. The van der Waals surface area contributed by atoms with Crippen molar-refractivity contribution in [3.05, 3.63) is 24.3 Å². The number of nitrogens with zero attached hydrogens (tertiary/aromatic N) is 1. The Labute approximate surface area is 127 Å². The maximum atomic E-state index is 12.0. The van der Waals surface area contributed by atoms with Crippen molar-refractivity contribution in [3.8, 4) is 11.5 Å². The average Bonchev–Trinajstić information content (AvgIpc) is 2.97. The second-order valence-electron chi connectivity index (χ2n) is 4.49. The Hall–Kier alpha value is -1.89. The number of carbonyl (C=O) groups is 2. The summed E-state index contributed by atoms with van der Waals surface area (Å²) < 4.78 is 10.5. The Kier molecular flexibility index (Phi) is 5.32. The number of carboxylic acids is 1. The van der Waals surface area contributed by atoms with E-state index in [9.17, 15) is 9.59 Å². The van der Waals surface area contributed by atoms with E-state index in [0.29, 0.717) is 17.4 Å². The van der Waals surface area contributed by atoms with Crippen LogP contribution in [-0.2, 0) is 9.59 Å². The smallest absolute Gasteiger partial charge is 0.327 e. The molecule has 0 spiro atoms. The van der Waals surface area contributed by atoms with Gasteiger partial charge in [-0.05, 0) is 24.3 Å². The molecule has 1 saturated heterocycles. The van der Waals surface area contributed by atoms with Crippen molar-refractivity contribution in [2.24, 2.45) is 0 Å². The molecule has 0 aromatic heterocycles. The first-order chi connectivity index (χ1) is 10.1. The third-order valence-electron chi connectivity index (χ3n) is 3.13. The van der Waals surface area contributed by atoms with E-state index in [1.54, 1.807) is 31.4 Å². The van der Waals surface area contributed by atoms with E-state index < -0.39 is 12.0 Å². The second kappa shape index (κ2) is 7.21. The standard InChI is InChI=1S/C14H17NO5S/c1-19-10-2-4-11(5-3-10)20-7-6-13(16)15-9-21-8-12(15)14(17)18/h2-5,12H,6-9H2,1H3,(H,17,18)/t12-/m0/s1. The molecule has 1 fully saturated rings. The lowest BCUT2D eigenvalue weighted by atomic mass is 10.2. The Morgan fingerprint density at radius 1 is 1.33 bits per heavy atom. The number of benzene rings is 1. The van der Waals surface area contributed by atoms with Crippen LogP contribution in [0, 0.1) is 0 Å². The molecule has 0 bridgehead atoms. The topological polar surface area (TPSA) is 76.1 Å². The second-order valence-corrected chi connectivity index (χ2v) is 5.49. The molecule has 0 unspecified atom stereocenters. The molecule has 114 valence electrons. The molecule has 0 aliphatic carbocycles. The van der Waals surface area contributed by atoms with E-state index in [-0.39, 0.29) is 18.9 Å². The summed E-state index contributed by atoms with van der Waals surface area (Å²) in [5.41, 5.74) is 0. The number of aliphatic carboxylic acids is 1. The monoisotopic (exact) mass is 311 g/mol. The number of rotatable bonds is 6. The number of hydrogen-bond acceptors (Lipinski definition) is 5. The van der Waals surface area contributed by atoms with E-state index >= 15 is 0 Å². The Morgan fingerprint density at radius 3 is 2.62 bits per heavy atom. The zero-order valence-corrected chi connectivity index (χ0v) is 12.5. The van der Waals surface area contributed by atoms with Gasteiger partial charge in [0.1, 0.15) is 17.5 Å². The molecule has 0 radical (unpaired) electrons. The van der Waals surface area contributed by atoms with Gasteiger partial charge in [0.25, 0.3) is 0 Å². The van der Waals surface area contributed by atoms with Gasteiger partial charge in [-0.3, -0.25) is 4.79 Å². The summed E-state index contributed by atoms with van der Waals surface area (Å²) in [5, 5.41) is 9.04. The molecule has 1 aromatic rings. The fraction of sp³-hybridized carbons (Fsp3) is 0.429. The zero-order valence-electron chi connectivity index (χ0n) is 11.7. The molecule has 0 saturated carbocycles. The van der Waals surface area contributed by atoms with Crippen molar-refractivity contribution in [3.63, 3.8) is 0 Å². The highest BCUT2D eigenvalue weighted by Gasteiger charge is 2.34. The molecule has 1 heterocycles. The van der Waals surface area contributed by atoms with Crippen LogP contribution in [0.15, 0.2) is 24.3 Å². The number of amides is 1. The molecule has 1 aromatic carbocycles. The largest absolute Gasteiger partial charge is 0.497 e. The third kappa shape index (κ3) is 4.04. The fourth-order valence-electron chi connectivity index (χ4n) is 1.96. The van der Waals surface area contributed by atoms with E-state index in [2.05, 4.69) is 0 Å². The summed E-state index contributed by atoms with van der Waals surface area (Å²) >= 11 is 1.45. The maximum Gasteiger partial charge on any atom is 0.327 e. The number of carbonyl (C=O) groups excluding carboxylic acids is 1. The van der Waals surface area contributed by atoms with E-state index in [0.717, 1.165) is 5.75 Å². The van der Waals surface area contributed by atoms with Crippen LogP contribution in [0.1, 0.15) is 6.42 Å². The van der Waals surface area contributed by atoms with Crippen LogP contribution >= 0.6 is 11.8 Å². The number of methoxy groups -OCH3 is 1. The summed E-state index contributed by atoms with van der Waals surface area (Å²) in [5.74, 6) is 1.11. The zero-order chi connectivity index (χ0) is 15.2. The quantitative estimate of drug-likeness (QED) is 0.857. The minimum atomic E-state index is -0.954. The van der Waals surface area contributed by atoms with Gasteiger partial charge in [0.15, 0.2) is 0 Å². The SMILES string of the molecule is COc1ccc(OCCC(=O)N2CSC[C@H]2C(=O)O)cc1. The van der Waals surface area contributed by atoms with Crippen LogP contribution < -0.4 is 9.47 Å². The summed E-state index contributed by atoms with van der Waals surface area (Å²) in [4.78, 5) is 24.4. The van der Waals surface area contributed by atoms with Crippen molar-refractivity contribution in [1.82, 2.24) is 4.90 Å². The lowest BCUT2D eigenvalue weighted by Crippen LogP contribution is -2.42. The predicted octanol–water partition coefficient (Wildman–Crippen LogP) is 1.45. The van der Waals surface area contributed by atoms with Crippen molar-refractivity contribution in [2.75, 3.05) is 25.3 Å². The number of hydrogen-bond donors (Lipinski definition) is 1. The average molecular weight is 311 g/mol. The summed E-state index contributed by atoms with van der Waals surface area (Å²) in [6.45, 7) is 0.221. The number of carboxylic acid groups (broad SMARTS) is 1. The van der Waals surface area contributed by atoms with Crippen molar-refractivity contribution < 1.29 is 24.2 Å². The van der Waals surface area contributed by atoms with Crippen LogP contribution in [0.2, 0.25) is 0 Å². The van der Waals surface area contributed by atoms with Gasteiger partial charge in [-0.25, -0.2) is 4.79 Å². The highest BCUT2D eigenvalue weighted by atomic mass is 32.2. The molecule has 6 nitrogen and oxygen atoms in total. The van der Waals surface area contributed by atoms with Gasteiger partial charge in [0.05, 0.1) is 26.0 Å². The van der Waals surface area contributed by atoms with Crippen LogP contribution in [0.25, 0.3) is 0 Å². The van der Waals surface area contributed by atoms with Crippen LogP contribution in [0.4, 0.5) is 0 Å². The van der Waals surface area contributed by atoms with Crippen LogP contribution in [0.3, 0.4) is 0 Å². The van der Waals surface area contributed by atoms with Gasteiger partial charge in [-0.15, -0.1) is 11.8 Å². The summed E-state index contributed by atoms with van der Waals surface area (Å²) in [6.07, 6.45) is 0.163. The van der Waals surface area contributed by atoms with Gasteiger partial charge in [0, 0.05) is 5.75 Å². The summed E-state index contributed by atoms with van der Waals surface area (Å²) in [6, 6.07) is 6.34. The molecule has 1 atom stereocenters.